The molecule has 1 aromatic carbocycles. The molecule has 1 radical (unpaired) electrons. The molecule has 1 N–H and O–H groups in total. The highest BCUT2D eigenvalue weighted by Gasteiger charge is 2.14. The van der Waals surface area contributed by atoms with Crippen molar-refractivity contribution in [2.24, 2.45) is 0 Å². The van der Waals surface area contributed by atoms with Crippen molar-refractivity contribution >= 4 is 0 Å². The third kappa shape index (κ3) is 1.68. The number of nitrogens with zero attached hydrogens (tertiary/aromatic N) is 3. The Balaban J connectivity index is 1.71. The maximum atomic E-state index is 5.44. The maximum Gasteiger partial charge on any atom is 0.186 e. The smallest absolute Gasteiger partial charge is 0.186 e. The summed E-state index contributed by atoms with van der Waals surface area (Å²) in [5, 5.41) is 13.2. The van der Waals surface area contributed by atoms with E-state index in [4.69, 9.17) is 14.5 Å². The van der Waals surface area contributed by atoms with E-state index in [1.54, 1.807) is 6.07 Å². The fraction of sp³-hybridized carbons (Fsp3) is 0.222. The summed E-state index contributed by atoms with van der Waals surface area (Å²) >= 11 is 0. The Morgan fingerprint density at radius 3 is 3.44 bits per heavy atom. The molecule has 16 heavy (non-hydrogen) atoms. The summed E-state index contributed by atoms with van der Waals surface area (Å²) in [5.41, 5.74) is 0.935. The molecule has 0 amide bonds. The van der Waals surface area contributed by atoms with Crippen molar-refractivity contribution in [3.8, 4) is 11.5 Å². The molecule has 81 valence electrons. The Hall–Kier alpha value is -2.15. The van der Waals surface area contributed by atoms with E-state index in [0.717, 1.165) is 5.56 Å². The minimum Gasteiger partial charge on any atom is -0.485 e. The molecule has 0 fully saturated rings. The van der Waals surface area contributed by atoms with Gasteiger partial charge in [0, 0.05) is 11.6 Å². The number of hydrogen-bond donors (Lipinski definition) is 1. The van der Waals surface area contributed by atoms with Crippen LogP contribution in [0.2, 0.25) is 0 Å². The molecule has 2 heterocycles. The number of hydrogen-bond acceptors (Lipinski definition) is 6. The third-order valence-electron chi connectivity index (χ3n) is 2.08. The molecule has 7 nitrogen and oxygen atoms in total. The van der Waals surface area contributed by atoms with Crippen LogP contribution in [0.1, 0.15) is 11.4 Å². The van der Waals surface area contributed by atoms with Crippen molar-refractivity contribution < 1.29 is 14.5 Å². The fourth-order valence-corrected chi connectivity index (χ4v) is 1.32. The van der Waals surface area contributed by atoms with Gasteiger partial charge in [-0.1, -0.05) is 0 Å². The van der Waals surface area contributed by atoms with Gasteiger partial charge < -0.3 is 9.62 Å². The molecule has 0 atom stereocenters. The summed E-state index contributed by atoms with van der Waals surface area (Å²) in [6, 6.07) is 6.41. The van der Waals surface area contributed by atoms with Crippen LogP contribution in [-0.2, 0) is 18.1 Å². The third-order valence-corrected chi connectivity index (χ3v) is 2.08. The number of nitrogens with one attached hydrogen (secondary N) is 1. The summed E-state index contributed by atoms with van der Waals surface area (Å²) in [6.07, 6.45) is 0. The summed E-state index contributed by atoms with van der Waals surface area (Å²) in [4.78, 5) is 9.68. The predicted molar refractivity (Wildman–Crippen MR) is 49.2 cm³/mol. The van der Waals surface area contributed by atoms with E-state index < -0.39 is 0 Å². The Morgan fingerprint density at radius 1 is 1.56 bits per heavy atom. The fourth-order valence-electron chi connectivity index (χ4n) is 1.32. The van der Waals surface area contributed by atoms with Crippen LogP contribution in [0.25, 0.3) is 0 Å². The number of tetrazole rings is 1. The highest BCUT2D eigenvalue weighted by Crippen LogP contribution is 2.29. The van der Waals surface area contributed by atoms with Gasteiger partial charge in [-0.2, -0.15) is 4.89 Å². The van der Waals surface area contributed by atoms with Gasteiger partial charge >= 0.3 is 0 Å². The minimum atomic E-state index is 0.268. The molecule has 1 aliphatic heterocycles. The number of aromatic nitrogens is 4. The number of fused-ring (bicyclic) bond motifs is 1. The van der Waals surface area contributed by atoms with E-state index in [1.165, 1.54) is 0 Å². The van der Waals surface area contributed by atoms with Gasteiger partial charge in [-0.15, -0.1) is 5.10 Å². The second-order valence-electron chi connectivity index (χ2n) is 3.17. The van der Waals surface area contributed by atoms with Crippen molar-refractivity contribution in [2.75, 3.05) is 0 Å². The van der Waals surface area contributed by atoms with E-state index in [-0.39, 0.29) is 6.61 Å². The van der Waals surface area contributed by atoms with Crippen molar-refractivity contribution in [1.29, 1.82) is 0 Å². The summed E-state index contributed by atoms with van der Waals surface area (Å²) in [6.45, 7) is 0.689. The number of aromatic amines is 1. The van der Waals surface area contributed by atoms with Gasteiger partial charge in [-0.05, 0) is 22.6 Å². The quantitative estimate of drug-likeness (QED) is 0.752. The van der Waals surface area contributed by atoms with E-state index >= 15 is 0 Å². The largest absolute Gasteiger partial charge is 0.485 e. The van der Waals surface area contributed by atoms with E-state index in [1.807, 2.05) is 6.07 Å². The van der Waals surface area contributed by atoms with Gasteiger partial charge in [0.25, 0.3) is 0 Å². The number of rotatable bonds is 3. The zero-order valence-electron chi connectivity index (χ0n) is 8.14. The van der Waals surface area contributed by atoms with Crippen LogP contribution in [-0.4, -0.2) is 20.6 Å². The van der Waals surface area contributed by atoms with Gasteiger partial charge in [-0.25, -0.2) is 5.10 Å². The SMILES string of the molecule is [c]1cc2c(cc1OCc1nnn[nH]1)COO2. The van der Waals surface area contributed by atoms with Crippen molar-refractivity contribution in [2.45, 2.75) is 13.2 Å². The first-order valence-corrected chi connectivity index (χ1v) is 4.61. The van der Waals surface area contributed by atoms with Gasteiger partial charge in [-0.3, -0.25) is 0 Å². The predicted octanol–water partition coefficient (Wildman–Crippen LogP) is 0.403. The highest BCUT2D eigenvalue weighted by molar-refractivity contribution is 5.39. The van der Waals surface area contributed by atoms with E-state index in [2.05, 4.69) is 26.7 Å². The lowest BCUT2D eigenvalue weighted by Gasteiger charge is -2.03. The summed E-state index contributed by atoms with van der Waals surface area (Å²) in [7, 11) is 0. The number of benzene rings is 1. The second kappa shape index (κ2) is 3.78. The van der Waals surface area contributed by atoms with E-state index in [0.29, 0.717) is 23.9 Å². The monoisotopic (exact) mass is 219 g/mol. The van der Waals surface area contributed by atoms with Crippen LogP contribution in [0.5, 0.6) is 11.5 Å². The van der Waals surface area contributed by atoms with Gasteiger partial charge in [0.2, 0.25) is 0 Å². The molecule has 0 spiro atoms. The maximum absolute atomic E-state index is 5.44. The molecule has 0 saturated heterocycles. The molecule has 1 aliphatic rings. The standard InChI is InChI=1S/C9H7N4O3/c1-2-8-6(4-15-16-8)3-7(1)14-5-9-10-12-13-11-9/h2-3H,4-5H2,(H,10,11,12,13). The van der Waals surface area contributed by atoms with Gasteiger partial charge in [0.15, 0.2) is 11.6 Å². The van der Waals surface area contributed by atoms with Crippen LogP contribution in [0.3, 0.4) is 0 Å². The van der Waals surface area contributed by atoms with Crippen LogP contribution < -0.4 is 9.62 Å². The average molecular weight is 219 g/mol. The Bertz CT molecular complexity index is 486. The topological polar surface area (TPSA) is 82.2 Å². The van der Waals surface area contributed by atoms with Gasteiger partial charge in [0.05, 0.1) is 0 Å². The van der Waals surface area contributed by atoms with Crippen molar-refractivity contribution in [3.63, 3.8) is 0 Å². The van der Waals surface area contributed by atoms with Crippen LogP contribution in [0, 0.1) is 6.07 Å². The first kappa shape index (κ1) is 9.10. The normalized spacial score (nSPS) is 13.2. The van der Waals surface area contributed by atoms with Gasteiger partial charge in [0.1, 0.15) is 19.0 Å². The lowest BCUT2D eigenvalue weighted by molar-refractivity contribution is -0.194. The molecule has 0 unspecified atom stereocenters. The molecule has 0 aliphatic carbocycles. The molecule has 7 heteroatoms. The van der Waals surface area contributed by atoms with E-state index in [9.17, 15) is 0 Å². The van der Waals surface area contributed by atoms with Crippen LogP contribution in [0.4, 0.5) is 0 Å². The zero-order chi connectivity index (χ0) is 10.8. The first-order chi connectivity index (χ1) is 7.92. The number of ether oxygens (including phenoxy) is 1. The first-order valence-electron chi connectivity index (χ1n) is 4.61. The Kier molecular flexibility index (Phi) is 2.15. The highest BCUT2D eigenvalue weighted by atomic mass is 17.2. The molecule has 2 aromatic rings. The molecule has 0 saturated carbocycles. The van der Waals surface area contributed by atoms with Crippen LogP contribution in [0.15, 0.2) is 12.1 Å². The van der Waals surface area contributed by atoms with Crippen molar-refractivity contribution in [1.82, 2.24) is 20.6 Å². The molecular formula is C9H7N4O3. The Labute approximate surface area is 90.3 Å². The minimum absolute atomic E-state index is 0.268. The Morgan fingerprint density at radius 2 is 2.56 bits per heavy atom. The molecule has 1 aromatic heterocycles. The molecular weight excluding hydrogens is 212 g/mol. The summed E-state index contributed by atoms with van der Waals surface area (Å²) < 4.78 is 5.44. The lowest BCUT2D eigenvalue weighted by Crippen LogP contribution is -1.98. The lowest BCUT2D eigenvalue weighted by atomic mass is 10.2. The molecule has 3 rings (SSSR count). The second-order valence-corrected chi connectivity index (χ2v) is 3.17. The summed E-state index contributed by atoms with van der Waals surface area (Å²) in [5.74, 6) is 1.83. The number of H-pyrrole nitrogens is 1. The zero-order valence-corrected chi connectivity index (χ0v) is 8.14. The molecule has 0 bridgehead atoms. The van der Waals surface area contributed by atoms with Crippen molar-refractivity contribution in [3.05, 3.63) is 29.6 Å². The average Bonchev–Trinajstić information content (AvgIpc) is 2.97. The van der Waals surface area contributed by atoms with Crippen LogP contribution >= 0.6 is 0 Å².